The van der Waals surface area contributed by atoms with Gasteiger partial charge in [0, 0.05) is 6.04 Å². The van der Waals surface area contributed by atoms with Crippen LogP contribution in [0.4, 0.5) is 4.39 Å². The second-order valence-corrected chi connectivity index (χ2v) is 5.22. The third-order valence-electron chi connectivity index (χ3n) is 3.85. The van der Waals surface area contributed by atoms with Crippen molar-refractivity contribution in [3.63, 3.8) is 0 Å². The van der Waals surface area contributed by atoms with E-state index in [-0.39, 0.29) is 11.9 Å². The molecule has 106 valence electrons. The summed E-state index contributed by atoms with van der Waals surface area (Å²) in [5.74, 6) is 0.733. The van der Waals surface area contributed by atoms with Gasteiger partial charge in [0.2, 0.25) is 0 Å². The lowest BCUT2D eigenvalue weighted by Crippen LogP contribution is -2.34. The van der Waals surface area contributed by atoms with Gasteiger partial charge in [-0.3, -0.25) is 0 Å². The Kier molecular flexibility index (Phi) is 5.16. The van der Waals surface area contributed by atoms with E-state index in [1.807, 2.05) is 6.07 Å². The standard InChI is InChI=1S/C15H23FN2O/c1-11(18-10-12-5-7-17-8-6-12)13-3-4-15(19-2)14(16)9-13/h3-4,9,11-12,17-18H,5-8,10H2,1-2H3. The average molecular weight is 266 g/mol. The molecule has 2 rings (SSSR count). The minimum atomic E-state index is -0.296. The van der Waals surface area contributed by atoms with Gasteiger partial charge in [0.15, 0.2) is 11.6 Å². The third-order valence-corrected chi connectivity index (χ3v) is 3.85. The molecule has 0 saturated carbocycles. The van der Waals surface area contributed by atoms with E-state index in [0.717, 1.165) is 31.1 Å². The molecule has 1 saturated heterocycles. The van der Waals surface area contributed by atoms with Crippen molar-refractivity contribution in [2.24, 2.45) is 5.92 Å². The van der Waals surface area contributed by atoms with Gasteiger partial charge in [-0.1, -0.05) is 6.07 Å². The number of nitrogens with one attached hydrogen (secondary N) is 2. The summed E-state index contributed by atoms with van der Waals surface area (Å²) in [6, 6.07) is 5.32. The fourth-order valence-corrected chi connectivity index (χ4v) is 2.50. The monoisotopic (exact) mass is 266 g/mol. The fraction of sp³-hybridized carbons (Fsp3) is 0.600. The van der Waals surface area contributed by atoms with E-state index >= 15 is 0 Å². The van der Waals surface area contributed by atoms with Crippen LogP contribution in [-0.2, 0) is 0 Å². The topological polar surface area (TPSA) is 33.3 Å². The van der Waals surface area contributed by atoms with Gasteiger partial charge >= 0.3 is 0 Å². The summed E-state index contributed by atoms with van der Waals surface area (Å²) in [5, 5.41) is 6.86. The lowest BCUT2D eigenvalue weighted by Gasteiger charge is -2.25. The summed E-state index contributed by atoms with van der Waals surface area (Å²) in [6.07, 6.45) is 2.44. The Bertz CT molecular complexity index is 405. The van der Waals surface area contributed by atoms with Crippen LogP contribution in [0.15, 0.2) is 18.2 Å². The zero-order chi connectivity index (χ0) is 13.7. The summed E-state index contributed by atoms with van der Waals surface area (Å²) >= 11 is 0. The van der Waals surface area contributed by atoms with Crippen LogP contribution in [0.1, 0.15) is 31.4 Å². The lowest BCUT2D eigenvalue weighted by molar-refractivity contribution is 0.344. The number of rotatable bonds is 5. The van der Waals surface area contributed by atoms with Gasteiger partial charge in [-0.05, 0) is 63.0 Å². The van der Waals surface area contributed by atoms with Crippen molar-refractivity contribution in [1.29, 1.82) is 0 Å². The van der Waals surface area contributed by atoms with Crippen molar-refractivity contribution in [2.45, 2.75) is 25.8 Å². The zero-order valence-electron chi connectivity index (χ0n) is 11.7. The first-order chi connectivity index (χ1) is 9.20. The molecule has 1 aromatic carbocycles. The Balaban J connectivity index is 1.88. The van der Waals surface area contributed by atoms with Gasteiger partial charge < -0.3 is 15.4 Å². The van der Waals surface area contributed by atoms with Crippen molar-refractivity contribution in [1.82, 2.24) is 10.6 Å². The van der Waals surface area contributed by atoms with Gasteiger partial charge in [0.25, 0.3) is 0 Å². The minimum absolute atomic E-state index is 0.162. The molecule has 0 spiro atoms. The zero-order valence-corrected chi connectivity index (χ0v) is 11.7. The van der Waals surface area contributed by atoms with Gasteiger partial charge in [0.1, 0.15) is 0 Å². The first-order valence-corrected chi connectivity index (χ1v) is 6.98. The van der Waals surface area contributed by atoms with Crippen LogP contribution in [0.2, 0.25) is 0 Å². The summed E-state index contributed by atoms with van der Waals surface area (Å²) in [7, 11) is 1.48. The molecule has 0 radical (unpaired) electrons. The molecule has 2 N–H and O–H groups in total. The summed E-state index contributed by atoms with van der Waals surface area (Å²) in [5.41, 5.74) is 0.965. The average Bonchev–Trinajstić information content (AvgIpc) is 2.45. The number of halogens is 1. The molecule has 1 heterocycles. The van der Waals surface area contributed by atoms with Crippen LogP contribution in [0.3, 0.4) is 0 Å². The molecule has 0 aromatic heterocycles. The highest BCUT2D eigenvalue weighted by atomic mass is 19.1. The second-order valence-electron chi connectivity index (χ2n) is 5.22. The van der Waals surface area contributed by atoms with E-state index in [1.165, 1.54) is 20.0 Å². The summed E-state index contributed by atoms with van der Waals surface area (Å²) < 4.78 is 18.6. The van der Waals surface area contributed by atoms with Crippen LogP contribution in [0.5, 0.6) is 5.75 Å². The number of benzene rings is 1. The molecular weight excluding hydrogens is 243 g/mol. The largest absolute Gasteiger partial charge is 0.494 e. The van der Waals surface area contributed by atoms with E-state index in [1.54, 1.807) is 12.1 Å². The van der Waals surface area contributed by atoms with Crippen LogP contribution < -0.4 is 15.4 Å². The maximum absolute atomic E-state index is 13.6. The Hall–Kier alpha value is -1.13. The smallest absolute Gasteiger partial charge is 0.165 e. The Morgan fingerprint density at radius 2 is 2.16 bits per heavy atom. The molecule has 0 aliphatic carbocycles. The van der Waals surface area contributed by atoms with Crippen LogP contribution in [0.25, 0.3) is 0 Å². The highest BCUT2D eigenvalue weighted by molar-refractivity contribution is 5.30. The first kappa shape index (κ1) is 14.3. The van der Waals surface area contributed by atoms with Crippen LogP contribution in [-0.4, -0.2) is 26.7 Å². The molecule has 19 heavy (non-hydrogen) atoms. The summed E-state index contributed by atoms with van der Waals surface area (Å²) in [6.45, 7) is 5.29. The second kappa shape index (κ2) is 6.87. The SMILES string of the molecule is COc1ccc(C(C)NCC2CCNCC2)cc1F. The van der Waals surface area contributed by atoms with Crippen molar-refractivity contribution in [3.05, 3.63) is 29.6 Å². The van der Waals surface area contributed by atoms with Crippen LogP contribution in [0, 0.1) is 11.7 Å². The number of piperidine rings is 1. The first-order valence-electron chi connectivity index (χ1n) is 6.98. The molecule has 1 atom stereocenters. The molecule has 0 amide bonds. The van der Waals surface area contributed by atoms with Crippen molar-refractivity contribution < 1.29 is 9.13 Å². The van der Waals surface area contributed by atoms with Gasteiger partial charge in [-0.2, -0.15) is 0 Å². The van der Waals surface area contributed by atoms with E-state index in [2.05, 4.69) is 17.6 Å². The van der Waals surface area contributed by atoms with Crippen molar-refractivity contribution >= 4 is 0 Å². The lowest BCUT2D eigenvalue weighted by atomic mass is 9.97. The Labute approximate surface area is 114 Å². The fourth-order valence-electron chi connectivity index (χ4n) is 2.50. The highest BCUT2D eigenvalue weighted by Gasteiger charge is 2.15. The van der Waals surface area contributed by atoms with E-state index < -0.39 is 0 Å². The number of methoxy groups -OCH3 is 1. The number of ether oxygens (including phenoxy) is 1. The minimum Gasteiger partial charge on any atom is -0.494 e. The molecule has 1 unspecified atom stereocenters. The summed E-state index contributed by atoms with van der Waals surface area (Å²) in [4.78, 5) is 0. The molecule has 0 bridgehead atoms. The Morgan fingerprint density at radius 1 is 1.42 bits per heavy atom. The number of hydrogen-bond acceptors (Lipinski definition) is 3. The normalized spacial score (nSPS) is 18.3. The molecule has 4 heteroatoms. The maximum atomic E-state index is 13.6. The van der Waals surface area contributed by atoms with E-state index in [4.69, 9.17) is 4.74 Å². The predicted octanol–water partition coefficient (Wildman–Crippen LogP) is 2.48. The quantitative estimate of drug-likeness (QED) is 0.859. The molecule has 1 aromatic rings. The van der Waals surface area contributed by atoms with Crippen molar-refractivity contribution in [2.75, 3.05) is 26.7 Å². The van der Waals surface area contributed by atoms with E-state index in [0.29, 0.717) is 5.75 Å². The number of hydrogen-bond donors (Lipinski definition) is 2. The van der Waals surface area contributed by atoms with Gasteiger partial charge in [-0.15, -0.1) is 0 Å². The highest BCUT2D eigenvalue weighted by Crippen LogP contribution is 2.22. The molecule has 1 aliphatic rings. The molecule has 1 aliphatic heterocycles. The molecular formula is C15H23FN2O. The van der Waals surface area contributed by atoms with Gasteiger partial charge in [-0.25, -0.2) is 4.39 Å². The Morgan fingerprint density at radius 3 is 2.79 bits per heavy atom. The predicted molar refractivity (Wildman–Crippen MR) is 75.0 cm³/mol. The molecule has 1 fully saturated rings. The van der Waals surface area contributed by atoms with Gasteiger partial charge in [0.05, 0.1) is 7.11 Å². The van der Waals surface area contributed by atoms with E-state index in [9.17, 15) is 4.39 Å². The van der Waals surface area contributed by atoms with Crippen LogP contribution >= 0.6 is 0 Å². The third kappa shape index (κ3) is 3.91. The van der Waals surface area contributed by atoms with Crippen molar-refractivity contribution in [3.8, 4) is 5.75 Å². The molecule has 3 nitrogen and oxygen atoms in total. The maximum Gasteiger partial charge on any atom is 0.165 e.